The van der Waals surface area contributed by atoms with Gasteiger partial charge in [-0.3, -0.25) is 14.4 Å². The van der Waals surface area contributed by atoms with Crippen LogP contribution in [0, 0.1) is 5.82 Å². The predicted molar refractivity (Wildman–Crippen MR) is 370 cm³/mol. The molecule has 3 aromatic heterocycles. The molecule has 0 aliphatic carbocycles. The van der Waals surface area contributed by atoms with Crippen molar-refractivity contribution < 1.29 is 94.1 Å². The van der Waals surface area contributed by atoms with E-state index in [0.29, 0.717) is 32.7 Å². The van der Waals surface area contributed by atoms with Gasteiger partial charge in [0.2, 0.25) is 17.6 Å². The number of alkyl halides is 6. The van der Waals surface area contributed by atoms with Crippen LogP contribution in [0.4, 0.5) is 47.8 Å². The van der Waals surface area contributed by atoms with Crippen LogP contribution in [-0.2, 0) is 29.5 Å². The smallest absolute Gasteiger partial charge is 0.484 e. The Labute approximate surface area is 587 Å². The van der Waals surface area contributed by atoms with Crippen molar-refractivity contribution in [1.82, 2.24) is 15.0 Å². The van der Waals surface area contributed by atoms with E-state index >= 15 is 0 Å². The number of carbonyl (C=O) groups excluding carboxylic acids is 3. The second kappa shape index (κ2) is 31.0. The Balaban J connectivity index is 0.000000166. The summed E-state index contributed by atoms with van der Waals surface area (Å²) in [5.74, 6) is -2.47. The number of sulfone groups is 3. The van der Waals surface area contributed by atoms with Crippen molar-refractivity contribution in [3.05, 3.63) is 258 Å². The van der Waals surface area contributed by atoms with Gasteiger partial charge in [0.05, 0.1) is 36.3 Å². The third kappa shape index (κ3) is 20.5. The molecule has 31 heteroatoms. The molecule has 0 fully saturated rings. The van der Waals surface area contributed by atoms with Gasteiger partial charge in [-0.05, 0) is 158 Å². The maximum Gasteiger partial charge on any atom is 0.573 e. The number of para-hydroxylation sites is 3. The third-order valence-electron chi connectivity index (χ3n) is 14.2. The summed E-state index contributed by atoms with van der Waals surface area (Å²) in [5.41, 5.74) is 2.63. The number of pyridine rings is 3. The topological polar surface area (TPSA) is 275 Å². The van der Waals surface area contributed by atoms with Crippen LogP contribution in [0.25, 0.3) is 32.7 Å². The number of benzene rings is 9. The average Bonchev–Trinajstić information content (AvgIpc) is 0.803. The van der Waals surface area contributed by atoms with E-state index in [2.05, 4.69) is 35.6 Å². The molecule has 0 bridgehead atoms. The summed E-state index contributed by atoms with van der Waals surface area (Å²) >= 11 is 6.07. The highest BCUT2D eigenvalue weighted by Gasteiger charge is 2.32. The molecule has 103 heavy (non-hydrogen) atoms. The lowest BCUT2D eigenvalue weighted by atomic mass is 10.1. The number of nitrogens with zero attached hydrogens (tertiary/aromatic N) is 3. The summed E-state index contributed by atoms with van der Waals surface area (Å²) in [5, 5.41) is 9.97. The number of anilines is 3. The molecule has 0 aliphatic heterocycles. The third-order valence-corrected chi connectivity index (χ3v) is 17.8. The standard InChI is InChI=1S/C25H19F3N2O5S.C24H17F3N2O5S.C23H16ClFN2O4S/c1-36(32,33)20-7-4-6-17(14-20)29-23(31)21-13-16-5-2-3-8-22(16)30-24(21)35-19-11-9-18(10-12-19)34-15-25(26,27)28;1-35(31,32)19-7-4-6-16(14-19)28-22(30)20-13-15-5-2-3-8-21(15)29-23(20)33-17-9-11-18(12-10-17)34-24(25,26)27;1-32(29,30)17-7-4-6-16(13-17)26-22(28)18-11-14-5-2-3-8-20(14)27-23(18)31-21-10-9-15(25)12-19(21)24/h2-14H,15H2,1H3,(H,29,31);2-14H,1H3,(H,28,30);2-13H,1H3,(H,26,28). The van der Waals surface area contributed by atoms with Crippen LogP contribution in [0.5, 0.6) is 46.4 Å². The molecule has 528 valence electrons. The minimum absolute atomic E-state index is 0.00475. The number of halogens is 8. The fraction of sp³-hybridized carbons (Fsp3) is 0.0833. The summed E-state index contributed by atoms with van der Waals surface area (Å²) in [7, 11) is -10.4. The Hall–Kier alpha value is -11.7. The average molecular weight is 1490 g/mol. The first-order valence-electron chi connectivity index (χ1n) is 29.8. The van der Waals surface area contributed by atoms with Crippen LogP contribution in [0.15, 0.2) is 245 Å². The van der Waals surface area contributed by atoms with Crippen molar-refractivity contribution >= 4 is 109 Å². The van der Waals surface area contributed by atoms with Gasteiger partial charge in [0.1, 0.15) is 51.3 Å². The van der Waals surface area contributed by atoms with Crippen LogP contribution in [0.3, 0.4) is 0 Å². The molecule has 0 unspecified atom stereocenters. The van der Waals surface area contributed by atoms with Crippen molar-refractivity contribution in [2.24, 2.45) is 0 Å². The van der Waals surface area contributed by atoms with Gasteiger partial charge < -0.3 is 39.6 Å². The van der Waals surface area contributed by atoms with Crippen molar-refractivity contribution in [3.8, 4) is 46.4 Å². The molecule has 20 nitrogen and oxygen atoms in total. The van der Waals surface area contributed by atoms with Crippen molar-refractivity contribution in [1.29, 1.82) is 0 Å². The highest BCUT2D eigenvalue weighted by atomic mass is 35.5. The predicted octanol–water partition coefficient (Wildman–Crippen LogP) is 16.7. The molecule has 0 spiro atoms. The van der Waals surface area contributed by atoms with Gasteiger partial charge in [-0.2, -0.15) is 13.2 Å². The number of amides is 3. The maximum atomic E-state index is 13.4. The van der Waals surface area contributed by atoms with Gasteiger partial charge in [-0.25, -0.2) is 44.6 Å². The van der Waals surface area contributed by atoms with Crippen LogP contribution < -0.4 is 39.6 Å². The zero-order chi connectivity index (χ0) is 74.0. The zero-order valence-electron chi connectivity index (χ0n) is 53.5. The first-order valence-corrected chi connectivity index (χ1v) is 35.9. The minimum Gasteiger partial charge on any atom is -0.484 e. The largest absolute Gasteiger partial charge is 0.573 e. The lowest BCUT2D eigenvalue weighted by molar-refractivity contribution is -0.274. The fourth-order valence-corrected chi connectivity index (χ4v) is 11.6. The van der Waals surface area contributed by atoms with Gasteiger partial charge in [0, 0.05) is 52.0 Å². The van der Waals surface area contributed by atoms with E-state index in [1.54, 1.807) is 103 Å². The molecule has 0 radical (unpaired) electrons. The Morgan fingerprint density at radius 3 is 1.09 bits per heavy atom. The van der Waals surface area contributed by atoms with E-state index in [4.69, 9.17) is 30.5 Å². The lowest BCUT2D eigenvalue weighted by Gasteiger charge is -2.13. The Bertz CT molecular complexity index is 5570. The van der Waals surface area contributed by atoms with Crippen LogP contribution in [0.1, 0.15) is 31.1 Å². The zero-order valence-corrected chi connectivity index (χ0v) is 56.7. The quantitative estimate of drug-likeness (QED) is 0.0673. The Morgan fingerprint density at radius 2 is 0.748 bits per heavy atom. The fourth-order valence-electron chi connectivity index (χ4n) is 9.39. The second-order valence-corrected chi connectivity index (χ2v) is 28.6. The highest BCUT2D eigenvalue weighted by Crippen LogP contribution is 2.36. The van der Waals surface area contributed by atoms with Gasteiger partial charge >= 0.3 is 12.5 Å². The van der Waals surface area contributed by atoms with E-state index < -0.39 is 77.9 Å². The summed E-state index contributed by atoms with van der Waals surface area (Å²) < 4.78 is 185. The molecule has 3 heterocycles. The number of aromatic nitrogens is 3. The van der Waals surface area contributed by atoms with Crippen molar-refractivity contribution in [2.45, 2.75) is 27.2 Å². The van der Waals surface area contributed by atoms with E-state index in [1.165, 1.54) is 109 Å². The van der Waals surface area contributed by atoms with Crippen LogP contribution in [-0.4, -0.2) is 95.8 Å². The molecule has 0 saturated heterocycles. The Kier molecular flexibility index (Phi) is 22.3. The number of ether oxygens (including phenoxy) is 5. The molecule has 0 saturated carbocycles. The van der Waals surface area contributed by atoms with Crippen molar-refractivity contribution in [2.75, 3.05) is 41.3 Å². The van der Waals surface area contributed by atoms with E-state index in [1.807, 2.05) is 0 Å². The summed E-state index contributed by atoms with van der Waals surface area (Å²) in [4.78, 5) is 52.7. The number of hydrogen-bond acceptors (Lipinski definition) is 17. The van der Waals surface area contributed by atoms with E-state index in [0.717, 1.165) is 37.0 Å². The molecule has 12 aromatic rings. The molecule has 3 N–H and O–H groups in total. The number of fused-ring (bicyclic) bond motifs is 3. The monoisotopic (exact) mass is 1490 g/mol. The summed E-state index contributed by atoms with van der Waals surface area (Å²) in [6.45, 7) is -1.43. The van der Waals surface area contributed by atoms with Crippen LogP contribution >= 0.6 is 11.6 Å². The molecule has 3 amide bonds. The molecular formula is C72H52ClF7N6O14S3. The van der Waals surface area contributed by atoms with E-state index in [-0.39, 0.29) is 94.1 Å². The highest BCUT2D eigenvalue weighted by molar-refractivity contribution is 7.91. The molecule has 0 atom stereocenters. The molecular weight excluding hydrogens is 1440 g/mol. The second-order valence-electron chi connectivity index (χ2n) is 22.1. The van der Waals surface area contributed by atoms with Gasteiger partial charge in [-0.15, -0.1) is 13.2 Å². The number of hydrogen-bond donors (Lipinski definition) is 3. The molecule has 12 rings (SSSR count). The van der Waals surface area contributed by atoms with Gasteiger partial charge in [-0.1, -0.05) is 84.4 Å². The van der Waals surface area contributed by atoms with Gasteiger partial charge in [0.25, 0.3) is 17.7 Å². The first kappa shape index (κ1) is 74.0. The lowest BCUT2D eigenvalue weighted by Crippen LogP contribution is -2.19. The summed E-state index contributed by atoms with van der Waals surface area (Å²) in [6, 6.07) is 56.9. The minimum atomic E-state index is -4.83. The Morgan fingerprint density at radius 1 is 0.408 bits per heavy atom. The van der Waals surface area contributed by atoms with Crippen LogP contribution in [0.2, 0.25) is 5.02 Å². The van der Waals surface area contributed by atoms with Crippen molar-refractivity contribution in [3.63, 3.8) is 0 Å². The number of rotatable bonds is 18. The normalized spacial score (nSPS) is 11.6. The first-order chi connectivity index (χ1) is 48.7. The maximum absolute atomic E-state index is 13.4. The summed E-state index contributed by atoms with van der Waals surface area (Å²) in [6.07, 6.45) is -6.10. The number of nitrogens with one attached hydrogen (secondary N) is 3. The SMILES string of the molecule is CS(=O)(=O)c1cccc(NC(=O)c2cc3ccccc3nc2Oc2ccc(F)cc2Cl)c1.CS(=O)(=O)c1cccc(NC(=O)c2cc3ccccc3nc2Oc2ccc(OC(F)(F)F)cc2)c1.CS(=O)(=O)c1cccc(NC(=O)c2cc3ccccc3nc2Oc2ccc(OCC(F)(F)F)cc2)c1. The van der Waals surface area contributed by atoms with Gasteiger partial charge in [0.15, 0.2) is 36.1 Å². The molecule has 0 aliphatic rings. The number of carbonyl (C=O) groups is 3. The molecule has 9 aromatic carbocycles. The van der Waals surface area contributed by atoms with E-state index in [9.17, 15) is 70.4 Å².